The standard InChI is InChI=1S/C10H11N3O/c1-7-8(11)3-2-4-9(7)13-6-5-12-10(13)14/h2-6H,11H2,1H3,(H,12,14). The van der Waals surface area contributed by atoms with Crippen LogP contribution < -0.4 is 11.4 Å². The molecule has 0 radical (unpaired) electrons. The summed E-state index contributed by atoms with van der Waals surface area (Å²) in [7, 11) is 0. The van der Waals surface area contributed by atoms with Gasteiger partial charge in [-0.05, 0) is 24.6 Å². The Morgan fingerprint density at radius 3 is 2.86 bits per heavy atom. The number of rotatable bonds is 1. The number of nitrogens with two attached hydrogens (primary N) is 1. The summed E-state index contributed by atoms with van der Waals surface area (Å²) < 4.78 is 1.53. The first kappa shape index (κ1) is 8.62. The second-order valence-electron chi connectivity index (χ2n) is 3.13. The molecule has 0 aliphatic heterocycles. The molecule has 0 spiro atoms. The fourth-order valence-corrected chi connectivity index (χ4v) is 1.41. The minimum Gasteiger partial charge on any atom is -0.398 e. The van der Waals surface area contributed by atoms with E-state index in [2.05, 4.69) is 4.98 Å². The normalized spacial score (nSPS) is 10.4. The Kier molecular flexibility index (Phi) is 1.89. The number of aromatic amines is 1. The van der Waals surface area contributed by atoms with Crippen LogP contribution in [0.1, 0.15) is 5.56 Å². The molecule has 0 fully saturated rings. The van der Waals surface area contributed by atoms with Crippen LogP contribution >= 0.6 is 0 Å². The van der Waals surface area contributed by atoms with Crippen LogP contribution in [0.2, 0.25) is 0 Å². The third-order valence-electron chi connectivity index (χ3n) is 2.26. The van der Waals surface area contributed by atoms with Crippen molar-refractivity contribution in [1.82, 2.24) is 9.55 Å². The van der Waals surface area contributed by atoms with Crippen molar-refractivity contribution in [1.29, 1.82) is 0 Å². The fourth-order valence-electron chi connectivity index (χ4n) is 1.41. The third kappa shape index (κ3) is 1.21. The van der Waals surface area contributed by atoms with E-state index in [-0.39, 0.29) is 5.69 Å². The molecule has 0 atom stereocenters. The van der Waals surface area contributed by atoms with Gasteiger partial charge in [-0.3, -0.25) is 4.57 Å². The van der Waals surface area contributed by atoms with E-state index in [1.54, 1.807) is 12.4 Å². The molecule has 1 aromatic carbocycles. The van der Waals surface area contributed by atoms with E-state index < -0.39 is 0 Å². The minimum atomic E-state index is -0.154. The lowest BCUT2D eigenvalue weighted by atomic mass is 10.1. The molecule has 0 aliphatic rings. The SMILES string of the molecule is Cc1c(N)cccc1-n1cc[nH]c1=O. The van der Waals surface area contributed by atoms with Gasteiger partial charge in [-0.1, -0.05) is 6.07 Å². The first-order valence-corrected chi connectivity index (χ1v) is 4.31. The first-order valence-electron chi connectivity index (χ1n) is 4.31. The van der Waals surface area contributed by atoms with Crippen molar-refractivity contribution in [2.24, 2.45) is 0 Å². The van der Waals surface area contributed by atoms with Crippen LogP contribution in [0.4, 0.5) is 5.69 Å². The maximum Gasteiger partial charge on any atom is 0.330 e. The van der Waals surface area contributed by atoms with Crippen molar-refractivity contribution >= 4 is 5.69 Å². The summed E-state index contributed by atoms with van der Waals surface area (Å²) in [5, 5.41) is 0. The molecular formula is C10H11N3O. The van der Waals surface area contributed by atoms with E-state index >= 15 is 0 Å². The largest absolute Gasteiger partial charge is 0.398 e. The minimum absolute atomic E-state index is 0.154. The molecule has 3 N–H and O–H groups in total. The molecule has 72 valence electrons. The van der Waals surface area contributed by atoms with Crippen molar-refractivity contribution < 1.29 is 0 Å². The molecule has 0 aliphatic carbocycles. The van der Waals surface area contributed by atoms with Crippen LogP contribution in [-0.2, 0) is 0 Å². The molecule has 1 aromatic heterocycles. The molecule has 14 heavy (non-hydrogen) atoms. The average Bonchev–Trinajstić information content (AvgIpc) is 2.57. The van der Waals surface area contributed by atoms with Gasteiger partial charge in [0.25, 0.3) is 0 Å². The van der Waals surface area contributed by atoms with Gasteiger partial charge in [0.15, 0.2) is 0 Å². The lowest BCUT2D eigenvalue weighted by molar-refractivity contribution is 0.977. The van der Waals surface area contributed by atoms with E-state index in [1.165, 1.54) is 4.57 Å². The van der Waals surface area contributed by atoms with Gasteiger partial charge in [-0.15, -0.1) is 0 Å². The summed E-state index contributed by atoms with van der Waals surface area (Å²) in [4.78, 5) is 13.9. The number of nitrogen functional groups attached to an aromatic ring is 1. The maximum absolute atomic E-state index is 11.3. The molecule has 2 rings (SSSR count). The van der Waals surface area contributed by atoms with Crippen molar-refractivity contribution in [3.05, 3.63) is 46.6 Å². The highest BCUT2D eigenvalue weighted by Gasteiger charge is 2.04. The number of benzene rings is 1. The van der Waals surface area contributed by atoms with E-state index in [0.29, 0.717) is 5.69 Å². The molecule has 0 saturated heterocycles. The number of nitrogens with one attached hydrogen (secondary N) is 1. The van der Waals surface area contributed by atoms with Crippen LogP contribution in [0, 0.1) is 6.92 Å². The monoisotopic (exact) mass is 189 g/mol. The van der Waals surface area contributed by atoms with E-state index in [0.717, 1.165) is 11.3 Å². The number of H-pyrrole nitrogens is 1. The average molecular weight is 189 g/mol. The Bertz CT molecular complexity index is 510. The van der Waals surface area contributed by atoms with Crippen molar-refractivity contribution in [2.75, 3.05) is 5.73 Å². The molecular weight excluding hydrogens is 178 g/mol. The van der Waals surface area contributed by atoms with Crippen LogP contribution in [0.25, 0.3) is 5.69 Å². The number of aromatic nitrogens is 2. The fraction of sp³-hybridized carbons (Fsp3) is 0.100. The second-order valence-corrected chi connectivity index (χ2v) is 3.13. The summed E-state index contributed by atoms with van der Waals surface area (Å²) in [5.41, 5.74) is 8.01. The molecule has 1 heterocycles. The zero-order chi connectivity index (χ0) is 10.1. The highest BCUT2D eigenvalue weighted by Crippen LogP contribution is 2.17. The lowest BCUT2D eigenvalue weighted by Gasteiger charge is -2.07. The van der Waals surface area contributed by atoms with Gasteiger partial charge in [0.2, 0.25) is 0 Å². The predicted octanol–water partition coefficient (Wildman–Crippen LogP) is 1.06. The van der Waals surface area contributed by atoms with Crippen LogP contribution in [-0.4, -0.2) is 9.55 Å². The van der Waals surface area contributed by atoms with Crippen LogP contribution in [0.5, 0.6) is 0 Å². The molecule has 0 unspecified atom stereocenters. The summed E-state index contributed by atoms with van der Waals surface area (Å²) in [5.74, 6) is 0. The predicted molar refractivity (Wildman–Crippen MR) is 55.5 cm³/mol. The molecule has 4 nitrogen and oxygen atoms in total. The van der Waals surface area contributed by atoms with Crippen molar-refractivity contribution in [3.63, 3.8) is 0 Å². The Morgan fingerprint density at radius 1 is 1.43 bits per heavy atom. The Labute approximate surface area is 81.0 Å². The number of hydrogen-bond donors (Lipinski definition) is 2. The number of hydrogen-bond acceptors (Lipinski definition) is 2. The number of imidazole rings is 1. The van der Waals surface area contributed by atoms with Crippen molar-refractivity contribution in [2.45, 2.75) is 6.92 Å². The highest BCUT2D eigenvalue weighted by molar-refractivity contribution is 5.56. The zero-order valence-electron chi connectivity index (χ0n) is 7.82. The maximum atomic E-state index is 11.3. The summed E-state index contributed by atoms with van der Waals surface area (Å²) in [6, 6.07) is 5.51. The Hall–Kier alpha value is -1.97. The number of nitrogens with zero attached hydrogens (tertiary/aromatic N) is 1. The molecule has 4 heteroatoms. The quantitative estimate of drug-likeness (QED) is 0.659. The number of anilines is 1. The summed E-state index contributed by atoms with van der Waals surface area (Å²) in [6.07, 6.45) is 3.29. The van der Waals surface area contributed by atoms with Crippen LogP contribution in [0.3, 0.4) is 0 Å². The molecule has 0 saturated carbocycles. The highest BCUT2D eigenvalue weighted by atomic mass is 16.1. The first-order chi connectivity index (χ1) is 6.70. The van der Waals surface area contributed by atoms with E-state index in [9.17, 15) is 4.79 Å². The van der Waals surface area contributed by atoms with Gasteiger partial charge in [0, 0.05) is 18.1 Å². The Balaban J connectivity index is 2.69. The summed E-state index contributed by atoms with van der Waals surface area (Å²) in [6.45, 7) is 1.89. The second kappa shape index (κ2) is 3.06. The molecule has 0 bridgehead atoms. The third-order valence-corrected chi connectivity index (χ3v) is 2.26. The van der Waals surface area contributed by atoms with E-state index in [4.69, 9.17) is 5.73 Å². The zero-order valence-corrected chi connectivity index (χ0v) is 7.82. The molecule has 0 amide bonds. The van der Waals surface area contributed by atoms with Crippen LogP contribution in [0.15, 0.2) is 35.4 Å². The lowest BCUT2D eigenvalue weighted by Crippen LogP contribution is -2.15. The van der Waals surface area contributed by atoms with E-state index in [1.807, 2.05) is 25.1 Å². The van der Waals surface area contributed by atoms with Gasteiger partial charge in [0.05, 0.1) is 5.69 Å². The summed E-state index contributed by atoms with van der Waals surface area (Å²) >= 11 is 0. The van der Waals surface area contributed by atoms with Gasteiger partial charge in [-0.25, -0.2) is 4.79 Å². The van der Waals surface area contributed by atoms with Gasteiger partial charge in [-0.2, -0.15) is 0 Å². The Morgan fingerprint density at radius 2 is 2.21 bits per heavy atom. The molecule has 2 aromatic rings. The van der Waals surface area contributed by atoms with Gasteiger partial charge in [0.1, 0.15) is 0 Å². The van der Waals surface area contributed by atoms with Gasteiger partial charge < -0.3 is 10.7 Å². The smallest absolute Gasteiger partial charge is 0.330 e. The van der Waals surface area contributed by atoms with Crippen molar-refractivity contribution in [3.8, 4) is 5.69 Å². The van der Waals surface area contributed by atoms with Gasteiger partial charge >= 0.3 is 5.69 Å². The topological polar surface area (TPSA) is 63.8 Å².